The molecule has 0 N–H and O–H groups in total. The minimum atomic E-state index is 0.430. The summed E-state index contributed by atoms with van der Waals surface area (Å²) in [4.78, 5) is 9.09. The highest BCUT2D eigenvalue weighted by Crippen LogP contribution is 2.30. The third-order valence-electron chi connectivity index (χ3n) is 4.80. The second kappa shape index (κ2) is 6.81. The fraction of sp³-hybridized carbons (Fsp3) is 0.450. The first-order valence-corrected chi connectivity index (χ1v) is 8.41. The molecule has 1 aromatic heterocycles. The van der Waals surface area contributed by atoms with E-state index in [4.69, 9.17) is 0 Å². The fourth-order valence-electron chi connectivity index (χ4n) is 3.75. The van der Waals surface area contributed by atoms with Crippen molar-refractivity contribution in [3.63, 3.8) is 0 Å². The lowest BCUT2D eigenvalue weighted by atomic mass is 9.89. The maximum atomic E-state index is 4.19. The van der Waals surface area contributed by atoms with Gasteiger partial charge in [-0.1, -0.05) is 37.3 Å². The molecule has 122 valence electrons. The maximum Gasteiger partial charge on any atom is 0.0346 e. The van der Waals surface area contributed by atoms with Gasteiger partial charge in [-0.25, -0.2) is 0 Å². The van der Waals surface area contributed by atoms with Gasteiger partial charge in [0.2, 0.25) is 0 Å². The first-order valence-electron chi connectivity index (χ1n) is 8.41. The van der Waals surface area contributed by atoms with Gasteiger partial charge in [0.05, 0.1) is 0 Å². The van der Waals surface area contributed by atoms with Gasteiger partial charge in [0.15, 0.2) is 0 Å². The number of pyridine rings is 1. The van der Waals surface area contributed by atoms with E-state index >= 15 is 0 Å². The van der Waals surface area contributed by atoms with Crippen LogP contribution in [0.4, 0.5) is 0 Å². The van der Waals surface area contributed by atoms with Crippen molar-refractivity contribution in [3.05, 3.63) is 54.4 Å². The fourth-order valence-corrected chi connectivity index (χ4v) is 3.75. The highest BCUT2D eigenvalue weighted by atomic mass is 15.2. The van der Waals surface area contributed by atoms with Gasteiger partial charge in [-0.2, -0.15) is 0 Å². The van der Waals surface area contributed by atoms with Crippen LogP contribution >= 0.6 is 0 Å². The van der Waals surface area contributed by atoms with E-state index in [-0.39, 0.29) is 0 Å². The topological polar surface area (TPSA) is 19.4 Å². The summed E-state index contributed by atoms with van der Waals surface area (Å²) in [6, 6.07) is 13.0. The summed E-state index contributed by atoms with van der Waals surface area (Å²) in [5.74, 6) is 0. The zero-order valence-corrected chi connectivity index (χ0v) is 14.5. The summed E-state index contributed by atoms with van der Waals surface area (Å²) in [5, 5.41) is 0. The van der Waals surface area contributed by atoms with Gasteiger partial charge in [-0.05, 0) is 55.2 Å². The first-order chi connectivity index (χ1) is 11.0. The van der Waals surface area contributed by atoms with Gasteiger partial charge in [0, 0.05) is 32.0 Å². The second-order valence-corrected chi connectivity index (χ2v) is 7.41. The lowest BCUT2D eigenvalue weighted by Gasteiger charge is -2.30. The predicted molar refractivity (Wildman–Crippen MR) is 96.2 cm³/mol. The molecule has 0 radical (unpaired) electrons. The van der Waals surface area contributed by atoms with Crippen molar-refractivity contribution in [3.8, 4) is 11.1 Å². The van der Waals surface area contributed by atoms with Gasteiger partial charge < -0.3 is 9.80 Å². The van der Waals surface area contributed by atoms with E-state index in [1.807, 2.05) is 18.5 Å². The molecule has 1 saturated heterocycles. The molecule has 0 aliphatic carbocycles. The minimum absolute atomic E-state index is 0.430. The molecule has 2 aromatic rings. The monoisotopic (exact) mass is 309 g/mol. The summed E-state index contributed by atoms with van der Waals surface area (Å²) in [6.45, 7) is 7.01. The third-order valence-corrected chi connectivity index (χ3v) is 4.80. The Kier molecular flexibility index (Phi) is 4.79. The number of hydrogen-bond donors (Lipinski definition) is 0. The van der Waals surface area contributed by atoms with E-state index in [0.717, 1.165) is 13.1 Å². The van der Waals surface area contributed by atoms with E-state index in [2.05, 4.69) is 66.1 Å². The Labute approximate surface area is 140 Å². The summed E-state index contributed by atoms with van der Waals surface area (Å²) < 4.78 is 0. The Hall–Kier alpha value is -1.71. The van der Waals surface area contributed by atoms with Crippen LogP contribution in [0, 0.1) is 5.41 Å². The van der Waals surface area contributed by atoms with Crippen molar-refractivity contribution in [1.82, 2.24) is 14.8 Å². The van der Waals surface area contributed by atoms with Gasteiger partial charge in [-0.15, -0.1) is 0 Å². The molecule has 0 bridgehead atoms. The molecule has 0 spiro atoms. The summed E-state index contributed by atoms with van der Waals surface area (Å²) in [7, 11) is 4.46. The lowest BCUT2D eigenvalue weighted by Crippen LogP contribution is -2.35. The number of rotatable bonds is 5. The standard InChI is InChI=1S/C20H27N3/c1-20(10-12-22(2)15-20)16-23(3)14-17-6-8-18(9-7-17)19-5-4-11-21-13-19/h4-9,11,13H,10,12,14-16H2,1-3H3. The molecule has 1 aromatic carbocycles. The largest absolute Gasteiger partial charge is 0.306 e. The van der Waals surface area contributed by atoms with Crippen molar-refractivity contribution in [2.45, 2.75) is 19.9 Å². The molecule has 1 atom stereocenters. The van der Waals surface area contributed by atoms with Gasteiger partial charge in [0.25, 0.3) is 0 Å². The number of likely N-dealkylation sites (tertiary alicyclic amines) is 1. The molecular formula is C20H27N3. The zero-order valence-electron chi connectivity index (χ0n) is 14.5. The van der Waals surface area contributed by atoms with Crippen LogP contribution in [-0.4, -0.2) is 48.5 Å². The molecule has 1 aliphatic heterocycles. The van der Waals surface area contributed by atoms with Crippen molar-refractivity contribution >= 4 is 0 Å². The molecule has 3 heteroatoms. The summed E-state index contributed by atoms with van der Waals surface area (Å²) >= 11 is 0. The highest BCUT2D eigenvalue weighted by Gasteiger charge is 2.32. The number of benzene rings is 1. The molecular weight excluding hydrogens is 282 g/mol. The Bertz CT molecular complexity index is 623. The van der Waals surface area contributed by atoms with Gasteiger partial charge in [-0.3, -0.25) is 4.98 Å². The van der Waals surface area contributed by atoms with E-state index in [1.165, 1.54) is 36.2 Å². The average molecular weight is 309 g/mol. The Morgan fingerprint density at radius 2 is 1.96 bits per heavy atom. The summed E-state index contributed by atoms with van der Waals surface area (Å²) in [5.41, 5.74) is 4.21. The zero-order chi connectivity index (χ0) is 16.3. The SMILES string of the molecule is CN1CCC(C)(CN(C)Cc2ccc(-c3cccnc3)cc2)C1. The number of nitrogens with zero attached hydrogens (tertiary/aromatic N) is 3. The molecule has 0 saturated carbocycles. The molecule has 1 unspecified atom stereocenters. The molecule has 2 heterocycles. The molecule has 3 nitrogen and oxygen atoms in total. The van der Waals surface area contributed by atoms with Crippen LogP contribution in [0.2, 0.25) is 0 Å². The predicted octanol–water partition coefficient (Wildman–Crippen LogP) is 3.52. The van der Waals surface area contributed by atoms with Crippen molar-refractivity contribution in [2.24, 2.45) is 5.41 Å². The van der Waals surface area contributed by atoms with Crippen LogP contribution in [0.5, 0.6) is 0 Å². The van der Waals surface area contributed by atoms with Crippen molar-refractivity contribution in [2.75, 3.05) is 33.7 Å². The Morgan fingerprint density at radius 1 is 1.17 bits per heavy atom. The van der Waals surface area contributed by atoms with Crippen LogP contribution in [0.25, 0.3) is 11.1 Å². The molecule has 1 fully saturated rings. The Balaban J connectivity index is 1.60. The first kappa shape index (κ1) is 16.2. The van der Waals surface area contributed by atoms with Crippen LogP contribution in [0.15, 0.2) is 48.8 Å². The maximum absolute atomic E-state index is 4.19. The van der Waals surface area contributed by atoms with E-state index < -0.39 is 0 Å². The lowest BCUT2D eigenvalue weighted by molar-refractivity contribution is 0.190. The van der Waals surface area contributed by atoms with Crippen LogP contribution < -0.4 is 0 Å². The smallest absolute Gasteiger partial charge is 0.0346 e. The van der Waals surface area contributed by atoms with E-state index in [1.54, 1.807) is 0 Å². The van der Waals surface area contributed by atoms with Gasteiger partial charge >= 0.3 is 0 Å². The third kappa shape index (κ3) is 4.18. The molecule has 3 rings (SSSR count). The second-order valence-electron chi connectivity index (χ2n) is 7.41. The summed E-state index contributed by atoms with van der Waals surface area (Å²) in [6.07, 6.45) is 5.03. The molecule has 1 aliphatic rings. The van der Waals surface area contributed by atoms with E-state index in [9.17, 15) is 0 Å². The van der Waals surface area contributed by atoms with Gasteiger partial charge in [0.1, 0.15) is 0 Å². The number of aromatic nitrogens is 1. The van der Waals surface area contributed by atoms with Crippen LogP contribution in [0.3, 0.4) is 0 Å². The van der Waals surface area contributed by atoms with Crippen molar-refractivity contribution < 1.29 is 0 Å². The van der Waals surface area contributed by atoms with Crippen LogP contribution in [0.1, 0.15) is 18.9 Å². The number of hydrogen-bond acceptors (Lipinski definition) is 3. The quantitative estimate of drug-likeness (QED) is 0.842. The normalized spacial score (nSPS) is 21.9. The minimum Gasteiger partial charge on any atom is -0.306 e. The highest BCUT2D eigenvalue weighted by molar-refractivity contribution is 5.62. The average Bonchev–Trinajstić information content (AvgIpc) is 2.87. The molecule has 0 amide bonds. The van der Waals surface area contributed by atoms with Crippen LogP contribution in [-0.2, 0) is 6.54 Å². The van der Waals surface area contributed by atoms with Crippen molar-refractivity contribution in [1.29, 1.82) is 0 Å². The Morgan fingerprint density at radius 3 is 2.57 bits per heavy atom. The molecule has 23 heavy (non-hydrogen) atoms. The van der Waals surface area contributed by atoms with E-state index in [0.29, 0.717) is 5.41 Å².